The summed E-state index contributed by atoms with van der Waals surface area (Å²) < 4.78 is 16.8. The largest absolute Gasteiger partial charge is 0.497 e. The summed E-state index contributed by atoms with van der Waals surface area (Å²) in [4.78, 5) is 12.5. The van der Waals surface area contributed by atoms with E-state index >= 15 is 0 Å². The fraction of sp³-hybridized carbons (Fsp3) is 0.435. The first kappa shape index (κ1) is 18.1. The number of benzene rings is 2. The molecule has 0 spiro atoms. The molecule has 0 radical (unpaired) electrons. The number of hydrogen-bond donors (Lipinski definition) is 0. The number of aryl methyl sites for hydroxylation is 1. The molecular weight excluding hydrogens is 340 g/mol. The van der Waals surface area contributed by atoms with Crippen molar-refractivity contribution < 1.29 is 19.0 Å². The Kier molecular flexibility index (Phi) is 5.17. The molecule has 4 heteroatoms. The summed E-state index contributed by atoms with van der Waals surface area (Å²) in [6, 6.07) is 14.3. The third-order valence-corrected chi connectivity index (χ3v) is 5.49. The second-order valence-corrected chi connectivity index (χ2v) is 7.49. The quantitative estimate of drug-likeness (QED) is 0.553. The zero-order chi connectivity index (χ0) is 18.8. The van der Waals surface area contributed by atoms with Crippen LogP contribution in [0.4, 0.5) is 0 Å². The van der Waals surface area contributed by atoms with Gasteiger partial charge in [-0.25, -0.2) is 4.79 Å². The van der Waals surface area contributed by atoms with Crippen molar-refractivity contribution in [3.63, 3.8) is 0 Å². The fourth-order valence-electron chi connectivity index (χ4n) is 3.84. The predicted octanol–water partition coefficient (Wildman–Crippen LogP) is 4.99. The van der Waals surface area contributed by atoms with E-state index in [0.717, 1.165) is 48.1 Å². The first-order chi connectivity index (χ1) is 13.2. The number of methoxy groups -OCH3 is 1. The van der Waals surface area contributed by atoms with E-state index in [9.17, 15) is 4.79 Å². The maximum atomic E-state index is 12.5. The van der Waals surface area contributed by atoms with Gasteiger partial charge in [-0.05, 0) is 61.4 Å². The second kappa shape index (κ2) is 7.73. The van der Waals surface area contributed by atoms with Gasteiger partial charge >= 0.3 is 5.97 Å². The first-order valence-electron chi connectivity index (χ1n) is 9.76. The minimum absolute atomic E-state index is 0.0588. The fourth-order valence-corrected chi connectivity index (χ4v) is 3.84. The third-order valence-electron chi connectivity index (χ3n) is 5.49. The number of rotatable bonds is 5. The lowest BCUT2D eigenvalue weighted by atomic mass is 9.95. The maximum absolute atomic E-state index is 12.5. The Morgan fingerprint density at radius 3 is 2.48 bits per heavy atom. The van der Waals surface area contributed by atoms with Crippen LogP contribution < -0.4 is 4.74 Å². The van der Waals surface area contributed by atoms with Gasteiger partial charge < -0.3 is 14.2 Å². The molecule has 2 aromatic rings. The van der Waals surface area contributed by atoms with Gasteiger partial charge in [0.2, 0.25) is 0 Å². The molecule has 0 N–H and O–H groups in total. The Labute approximate surface area is 160 Å². The normalized spacial score (nSPS) is 22.3. The number of hydrogen-bond acceptors (Lipinski definition) is 4. The highest BCUT2D eigenvalue weighted by Gasteiger charge is 2.49. The minimum Gasteiger partial charge on any atom is -0.497 e. The molecule has 4 rings (SSSR count). The first-order valence-corrected chi connectivity index (χ1v) is 9.76. The summed E-state index contributed by atoms with van der Waals surface area (Å²) in [5.41, 5.74) is 4.33. The third kappa shape index (κ3) is 4.01. The van der Waals surface area contributed by atoms with E-state index in [1.165, 1.54) is 12.0 Å². The van der Waals surface area contributed by atoms with Gasteiger partial charge in [-0.3, -0.25) is 0 Å². The van der Waals surface area contributed by atoms with Gasteiger partial charge in [-0.2, -0.15) is 0 Å². The van der Waals surface area contributed by atoms with Gasteiger partial charge in [-0.15, -0.1) is 0 Å². The molecule has 27 heavy (non-hydrogen) atoms. The van der Waals surface area contributed by atoms with E-state index in [0.29, 0.717) is 0 Å². The lowest BCUT2D eigenvalue weighted by Gasteiger charge is -2.21. The van der Waals surface area contributed by atoms with Crippen LogP contribution in [0.3, 0.4) is 0 Å². The van der Waals surface area contributed by atoms with E-state index in [2.05, 4.69) is 31.2 Å². The van der Waals surface area contributed by atoms with Crippen molar-refractivity contribution in [1.29, 1.82) is 0 Å². The second-order valence-electron chi connectivity index (χ2n) is 7.49. The molecule has 2 fully saturated rings. The molecule has 1 aliphatic heterocycles. The van der Waals surface area contributed by atoms with Gasteiger partial charge in [0.05, 0.1) is 7.11 Å². The molecule has 0 bridgehead atoms. The Balaban J connectivity index is 1.53. The van der Waals surface area contributed by atoms with Crippen LogP contribution in [0.15, 0.2) is 42.5 Å². The molecule has 2 unspecified atom stereocenters. The minimum atomic E-state index is -0.496. The van der Waals surface area contributed by atoms with Crippen LogP contribution in [0.2, 0.25) is 0 Å². The zero-order valence-corrected chi connectivity index (χ0v) is 15.9. The topological polar surface area (TPSA) is 48.1 Å². The van der Waals surface area contributed by atoms with Crippen molar-refractivity contribution in [2.75, 3.05) is 7.11 Å². The van der Waals surface area contributed by atoms with Gasteiger partial charge in [0.25, 0.3) is 0 Å². The van der Waals surface area contributed by atoms with Crippen LogP contribution in [0.1, 0.15) is 49.3 Å². The standard InChI is InChI=1S/C23H26O4/c1-15-8-10-16(11-9-15)20-14-18(25-2)12-13-19(20)21-22(27-21)23(24)26-17-6-4-3-5-7-17/h8-14,17,21-22H,3-7H2,1-2H3. The molecule has 2 aromatic carbocycles. The van der Waals surface area contributed by atoms with E-state index < -0.39 is 6.10 Å². The molecule has 4 nitrogen and oxygen atoms in total. The highest BCUT2D eigenvalue weighted by atomic mass is 16.6. The van der Waals surface area contributed by atoms with Gasteiger partial charge in [-0.1, -0.05) is 42.3 Å². The zero-order valence-electron chi connectivity index (χ0n) is 15.9. The van der Waals surface area contributed by atoms with Crippen molar-refractivity contribution >= 4 is 5.97 Å². The molecule has 1 saturated carbocycles. The molecule has 0 amide bonds. The van der Waals surface area contributed by atoms with Crippen molar-refractivity contribution in [2.45, 2.75) is 57.3 Å². The summed E-state index contributed by atoms with van der Waals surface area (Å²) in [7, 11) is 1.66. The summed E-state index contributed by atoms with van der Waals surface area (Å²) in [5.74, 6) is 0.564. The Morgan fingerprint density at radius 2 is 1.78 bits per heavy atom. The van der Waals surface area contributed by atoms with E-state index in [1.54, 1.807) is 7.11 Å². The molecule has 0 aromatic heterocycles. The molecule has 2 atom stereocenters. The van der Waals surface area contributed by atoms with E-state index in [-0.39, 0.29) is 18.2 Å². The highest BCUT2D eigenvalue weighted by Crippen LogP contribution is 2.45. The van der Waals surface area contributed by atoms with Crippen LogP contribution in [-0.4, -0.2) is 25.3 Å². The number of esters is 1. The predicted molar refractivity (Wildman–Crippen MR) is 104 cm³/mol. The maximum Gasteiger partial charge on any atom is 0.338 e. The van der Waals surface area contributed by atoms with Gasteiger partial charge in [0, 0.05) is 0 Å². The van der Waals surface area contributed by atoms with Crippen LogP contribution >= 0.6 is 0 Å². The molecule has 1 heterocycles. The van der Waals surface area contributed by atoms with E-state index in [1.807, 2.05) is 18.2 Å². The monoisotopic (exact) mass is 366 g/mol. The smallest absolute Gasteiger partial charge is 0.338 e. The van der Waals surface area contributed by atoms with Gasteiger partial charge in [0.15, 0.2) is 6.10 Å². The van der Waals surface area contributed by atoms with Crippen LogP contribution in [0.5, 0.6) is 5.75 Å². The Bertz CT molecular complexity index is 806. The van der Waals surface area contributed by atoms with Crippen molar-refractivity contribution in [3.05, 3.63) is 53.6 Å². The van der Waals surface area contributed by atoms with Crippen molar-refractivity contribution in [3.8, 4) is 16.9 Å². The summed E-state index contributed by atoms with van der Waals surface area (Å²) in [5, 5.41) is 0. The highest BCUT2D eigenvalue weighted by molar-refractivity contribution is 5.80. The number of ether oxygens (including phenoxy) is 3. The lowest BCUT2D eigenvalue weighted by molar-refractivity contribution is -0.152. The SMILES string of the molecule is COc1ccc(C2OC2C(=O)OC2CCCCC2)c(-c2ccc(C)cc2)c1. The summed E-state index contributed by atoms with van der Waals surface area (Å²) in [6.07, 6.45) is 4.78. The van der Waals surface area contributed by atoms with E-state index in [4.69, 9.17) is 14.2 Å². The average Bonchev–Trinajstić information content (AvgIpc) is 3.50. The molecule has 2 aliphatic rings. The lowest BCUT2D eigenvalue weighted by Crippen LogP contribution is -2.24. The molecular formula is C23H26O4. The number of epoxide rings is 1. The van der Waals surface area contributed by atoms with Crippen molar-refractivity contribution in [2.24, 2.45) is 0 Å². The van der Waals surface area contributed by atoms with Crippen LogP contribution in [0.25, 0.3) is 11.1 Å². The molecule has 1 aliphatic carbocycles. The van der Waals surface area contributed by atoms with Crippen LogP contribution in [-0.2, 0) is 14.3 Å². The van der Waals surface area contributed by atoms with Gasteiger partial charge in [0.1, 0.15) is 18.0 Å². The Morgan fingerprint density at radius 1 is 1.04 bits per heavy atom. The number of carbonyl (C=O) groups excluding carboxylic acids is 1. The summed E-state index contributed by atoms with van der Waals surface area (Å²) >= 11 is 0. The Hall–Kier alpha value is -2.33. The average molecular weight is 366 g/mol. The summed E-state index contributed by atoms with van der Waals surface area (Å²) in [6.45, 7) is 2.07. The van der Waals surface area contributed by atoms with Crippen molar-refractivity contribution in [1.82, 2.24) is 0 Å². The van der Waals surface area contributed by atoms with Crippen LogP contribution in [0, 0.1) is 6.92 Å². The molecule has 1 saturated heterocycles. The number of carbonyl (C=O) groups is 1. The molecule has 142 valence electrons.